The molecule has 3 aromatic heterocycles. The van der Waals surface area contributed by atoms with Crippen molar-refractivity contribution in [2.45, 2.75) is 6.43 Å². The van der Waals surface area contributed by atoms with E-state index >= 15 is 0 Å². The number of nitrogens with zero attached hydrogens (tertiary/aromatic N) is 10. The molecule has 0 spiro atoms. The minimum absolute atomic E-state index is 0.0437. The summed E-state index contributed by atoms with van der Waals surface area (Å²) >= 11 is 0. The average molecular weight is 598 g/mol. The number of halogens is 2. The molecule has 2 N–H and O–H groups in total. The summed E-state index contributed by atoms with van der Waals surface area (Å²) in [6, 6.07) is 5.02. The lowest BCUT2D eigenvalue weighted by molar-refractivity contribution is 0.0392. The summed E-state index contributed by atoms with van der Waals surface area (Å²) in [5.41, 5.74) is 7.49. The molecule has 6 rings (SSSR count). The van der Waals surface area contributed by atoms with Gasteiger partial charge in [0.2, 0.25) is 17.8 Å². The number of nitrogens with two attached hydrogens (primary N) is 1. The van der Waals surface area contributed by atoms with Gasteiger partial charge in [-0.1, -0.05) is 6.07 Å². The van der Waals surface area contributed by atoms with Crippen molar-refractivity contribution in [3.63, 3.8) is 0 Å². The highest BCUT2D eigenvalue weighted by Gasteiger charge is 2.27. The van der Waals surface area contributed by atoms with Gasteiger partial charge in [0.25, 0.3) is 6.43 Å². The van der Waals surface area contributed by atoms with Crippen molar-refractivity contribution in [3.05, 3.63) is 30.2 Å². The van der Waals surface area contributed by atoms with Crippen LogP contribution in [0, 0.1) is 0 Å². The van der Waals surface area contributed by atoms with Crippen molar-refractivity contribution in [3.8, 4) is 23.2 Å². The van der Waals surface area contributed by atoms with Crippen LogP contribution in [0.1, 0.15) is 12.2 Å². The molecule has 0 saturated carbocycles. The molecule has 0 amide bonds. The molecule has 2 saturated heterocycles. The zero-order valence-corrected chi connectivity index (χ0v) is 24.0. The lowest BCUT2D eigenvalue weighted by Gasteiger charge is -2.28. The Morgan fingerprint density at radius 3 is 2.42 bits per heavy atom. The number of methoxy groups -OCH3 is 1. The van der Waals surface area contributed by atoms with Gasteiger partial charge in [0.15, 0.2) is 11.6 Å². The maximum Gasteiger partial charge on any atom is 0.296 e. The number of rotatable bonds is 9. The fourth-order valence-corrected chi connectivity index (χ4v) is 5.04. The number of nitrogen functional groups attached to an aromatic ring is 1. The van der Waals surface area contributed by atoms with E-state index in [2.05, 4.69) is 24.8 Å². The lowest BCUT2D eigenvalue weighted by Crippen LogP contribution is -2.41. The molecule has 2 aliphatic rings. The Labute approximate surface area is 246 Å². The topological polar surface area (TPSA) is 146 Å². The summed E-state index contributed by atoms with van der Waals surface area (Å²) in [7, 11) is 3.36. The number of anilines is 3. The Bertz CT molecular complexity index is 1580. The van der Waals surface area contributed by atoms with Gasteiger partial charge in [-0.05, 0) is 12.1 Å². The van der Waals surface area contributed by atoms with Gasteiger partial charge in [0.1, 0.15) is 17.0 Å². The van der Waals surface area contributed by atoms with Crippen LogP contribution in [-0.4, -0.2) is 119 Å². The lowest BCUT2D eigenvalue weighted by atomic mass is 10.3. The van der Waals surface area contributed by atoms with E-state index in [1.165, 1.54) is 17.9 Å². The van der Waals surface area contributed by atoms with Crippen LogP contribution in [0.25, 0.3) is 28.5 Å². The van der Waals surface area contributed by atoms with Crippen LogP contribution in [0.5, 0.6) is 5.75 Å². The molecular formula is C27H33F2N11O3. The first kappa shape index (κ1) is 28.8. The number of imidazole rings is 1. The molecule has 1 aromatic carbocycles. The van der Waals surface area contributed by atoms with Crippen LogP contribution in [0.2, 0.25) is 0 Å². The quantitative estimate of drug-likeness (QED) is 0.300. The fraction of sp³-hybridized carbons (Fsp3) is 0.481. The number of aromatic nitrogens is 7. The van der Waals surface area contributed by atoms with Gasteiger partial charge < -0.3 is 29.7 Å². The largest absolute Gasteiger partial charge is 0.494 e. The van der Waals surface area contributed by atoms with E-state index in [0.29, 0.717) is 63.3 Å². The Morgan fingerprint density at radius 1 is 0.977 bits per heavy atom. The van der Waals surface area contributed by atoms with Gasteiger partial charge in [-0.2, -0.15) is 15.0 Å². The summed E-state index contributed by atoms with van der Waals surface area (Å²) in [5, 5.41) is 0. The zero-order chi connectivity index (χ0) is 29.9. The first-order valence-electron chi connectivity index (χ1n) is 14.0. The van der Waals surface area contributed by atoms with E-state index in [-0.39, 0.29) is 34.6 Å². The smallest absolute Gasteiger partial charge is 0.296 e. The third-order valence-electron chi connectivity index (χ3n) is 7.41. The van der Waals surface area contributed by atoms with E-state index in [0.717, 1.165) is 19.6 Å². The molecule has 5 heterocycles. The van der Waals surface area contributed by atoms with Gasteiger partial charge >= 0.3 is 0 Å². The molecule has 0 unspecified atom stereocenters. The molecule has 2 fully saturated rings. The van der Waals surface area contributed by atoms with E-state index in [9.17, 15) is 8.78 Å². The highest BCUT2D eigenvalue weighted by molar-refractivity contribution is 5.84. The predicted octanol–water partition coefficient (Wildman–Crippen LogP) is 1.80. The van der Waals surface area contributed by atoms with Crippen molar-refractivity contribution < 1.29 is 23.0 Å². The molecule has 4 aromatic rings. The molecule has 16 heteroatoms. The Hall–Kier alpha value is -4.28. The number of hydrogen-bond acceptors (Lipinski definition) is 13. The SMILES string of the molecule is COc1cccc2c1nc(C(F)F)n2-c1nc(-c2nc(N(C)CCN3CCOCC3)ncc2N)nc(N2CCOCC2)n1. The highest BCUT2D eigenvalue weighted by atomic mass is 19.3. The van der Waals surface area contributed by atoms with Crippen LogP contribution < -0.4 is 20.3 Å². The number of ether oxygens (including phenoxy) is 3. The third-order valence-corrected chi connectivity index (χ3v) is 7.41. The van der Waals surface area contributed by atoms with E-state index in [1.54, 1.807) is 18.2 Å². The Kier molecular flexibility index (Phi) is 8.40. The number of likely N-dealkylation sites (N-methyl/N-ethyl adjacent to an activating group) is 1. The Morgan fingerprint density at radius 2 is 1.70 bits per heavy atom. The molecule has 2 aliphatic heterocycles. The van der Waals surface area contributed by atoms with Crippen LogP contribution in [0.15, 0.2) is 24.4 Å². The van der Waals surface area contributed by atoms with E-state index < -0.39 is 12.2 Å². The minimum atomic E-state index is -2.92. The number of alkyl halides is 2. The first-order valence-corrected chi connectivity index (χ1v) is 14.0. The molecule has 0 atom stereocenters. The molecule has 0 bridgehead atoms. The summed E-state index contributed by atoms with van der Waals surface area (Å²) in [6.07, 6.45) is -1.41. The first-order chi connectivity index (χ1) is 20.9. The average Bonchev–Trinajstić information content (AvgIpc) is 3.45. The van der Waals surface area contributed by atoms with Gasteiger partial charge in [0.05, 0.1) is 50.9 Å². The van der Waals surface area contributed by atoms with Crippen molar-refractivity contribution in [1.29, 1.82) is 0 Å². The fourth-order valence-electron chi connectivity index (χ4n) is 5.04. The second-order valence-corrected chi connectivity index (χ2v) is 10.1. The second-order valence-electron chi connectivity index (χ2n) is 10.1. The maximum atomic E-state index is 14.4. The second kappa shape index (κ2) is 12.5. The van der Waals surface area contributed by atoms with E-state index in [1.807, 2.05) is 16.8 Å². The minimum Gasteiger partial charge on any atom is -0.494 e. The maximum absolute atomic E-state index is 14.4. The zero-order valence-electron chi connectivity index (χ0n) is 24.0. The number of hydrogen-bond donors (Lipinski definition) is 1. The van der Waals surface area contributed by atoms with Crippen molar-refractivity contribution >= 4 is 28.6 Å². The van der Waals surface area contributed by atoms with Gasteiger partial charge in [-0.15, -0.1) is 0 Å². The number of para-hydroxylation sites is 1. The number of morpholine rings is 2. The predicted molar refractivity (Wildman–Crippen MR) is 155 cm³/mol. The molecular weight excluding hydrogens is 564 g/mol. The van der Waals surface area contributed by atoms with Crippen LogP contribution >= 0.6 is 0 Å². The third kappa shape index (κ3) is 5.98. The monoisotopic (exact) mass is 597 g/mol. The summed E-state index contributed by atoms with van der Waals surface area (Å²) in [6.45, 7) is 6.62. The van der Waals surface area contributed by atoms with E-state index in [4.69, 9.17) is 29.9 Å². The molecule has 14 nitrogen and oxygen atoms in total. The summed E-state index contributed by atoms with van der Waals surface area (Å²) in [4.78, 5) is 33.5. The normalized spacial score (nSPS) is 16.3. The Balaban J connectivity index is 1.44. The van der Waals surface area contributed by atoms with Crippen LogP contribution in [0.4, 0.5) is 26.4 Å². The van der Waals surface area contributed by atoms with Crippen molar-refractivity contribution in [1.82, 2.24) is 39.4 Å². The number of benzene rings is 1. The van der Waals surface area contributed by atoms with Crippen molar-refractivity contribution in [2.24, 2.45) is 0 Å². The van der Waals surface area contributed by atoms with Gasteiger partial charge in [0, 0.05) is 46.3 Å². The molecule has 0 aliphatic carbocycles. The van der Waals surface area contributed by atoms with Gasteiger partial charge in [-0.25, -0.2) is 23.7 Å². The van der Waals surface area contributed by atoms with Gasteiger partial charge in [-0.3, -0.25) is 9.47 Å². The molecule has 228 valence electrons. The molecule has 0 radical (unpaired) electrons. The summed E-state index contributed by atoms with van der Waals surface area (Å²) < 4.78 is 46.4. The van der Waals surface area contributed by atoms with Crippen LogP contribution in [0.3, 0.4) is 0 Å². The summed E-state index contributed by atoms with van der Waals surface area (Å²) in [5.74, 6) is 0.623. The van der Waals surface area contributed by atoms with Crippen molar-refractivity contribution in [2.75, 3.05) is 95.4 Å². The highest BCUT2D eigenvalue weighted by Crippen LogP contribution is 2.33. The standard InChI is InChI=1S/C27H33F2N11O3/c1-37(6-7-38-8-12-42-13-9-38)25-31-16-17(30)20(33-25)23-34-26(39-10-14-43-15-11-39)36-27(35-23)40-18-4-3-5-19(41-2)21(18)32-24(40)22(28)29/h3-5,16,22H,6-15,30H2,1-2H3. The van der Waals surface area contributed by atoms with Crippen LogP contribution in [-0.2, 0) is 9.47 Å². The molecule has 43 heavy (non-hydrogen) atoms. The number of fused-ring (bicyclic) bond motifs is 1.